The van der Waals surface area contributed by atoms with Crippen LogP contribution in [0.5, 0.6) is 0 Å². The van der Waals surface area contributed by atoms with E-state index in [0.29, 0.717) is 11.8 Å². The molecule has 2 aromatic carbocycles. The van der Waals surface area contributed by atoms with Crippen LogP contribution in [0.3, 0.4) is 0 Å². The summed E-state index contributed by atoms with van der Waals surface area (Å²) in [6.45, 7) is 5.90. The molecular formula is C37H47N7O4S. The zero-order valence-electron chi connectivity index (χ0n) is 28.4. The van der Waals surface area contributed by atoms with E-state index in [-0.39, 0.29) is 33.3 Å². The predicted molar refractivity (Wildman–Crippen MR) is 187 cm³/mol. The van der Waals surface area contributed by atoms with Crippen molar-refractivity contribution in [2.75, 3.05) is 44.7 Å². The van der Waals surface area contributed by atoms with Crippen LogP contribution in [0, 0.1) is 17.8 Å². The third kappa shape index (κ3) is 6.72. The lowest BCUT2D eigenvalue weighted by molar-refractivity contribution is 0.0548. The summed E-state index contributed by atoms with van der Waals surface area (Å²) in [4.78, 5) is 22.3. The fraction of sp³-hybridized carbons (Fsp3) is 0.486. The van der Waals surface area contributed by atoms with E-state index < -0.39 is 9.84 Å². The molecule has 3 atom stereocenters. The fourth-order valence-corrected chi connectivity index (χ4v) is 10.1. The Morgan fingerprint density at radius 3 is 2.41 bits per heavy atom. The lowest BCUT2D eigenvalue weighted by Gasteiger charge is -2.51. The Balaban J connectivity index is 1.02. The van der Waals surface area contributed by atoms with Gasteiger partial charge < -0.3 is 24.4 Å². The normalized spacial score (nSPS) is 22.0. The molecule has 7 rings (SSSR count). The van der Waals surface area contributed by atoms with E-state index in [9.17, 15) is 13.2 Å². The molecule has 4 aromatic rings. The maximum atomic E-state index is 13.0. The van der Waals surface area contributed by atoms with Gasteiger partial charge in [0.05, 0.1) is 24.5 Å². The van der Waals surface area contributed by atoms with Gasteiger partial charge in [-0.05, 0) is 80.4 Å². The van der Waals surface area contributed by atoms with Crippen molar-refractivity contribution < 1.29 is 17.9 Å². The molecule has 3 fully saturated rings. The van der Waals surface area contributed by atoms with Gasteiger partial charge in [-0.25, -0.2) is 18.2 Å². The average Bonchev–Trinajstić information content (AvgIpc) is 3.89. The summed E-state index contributed by atoms with van der Waals surface area (Å²) in [6, 6.07) is 18.3. The van der Waals surface area contributed by atoms with Gasteiger partial charge in [-0.2, -0.15) is 5.10 Å². The first-order chi connectivity index (χ1) is 23.8. The van der Waals surface area contributed by atoms with E-state index in [2.05, 4.69) is 66.3 Å². The van der Waals surface area contributed by atoms with E-state index in [0.717, 1.165) is 77.1 Å². The molecule has 1 amide bonds. The maximum absolute atomic E-state index is 13.0. The Hall–Kier alpha value is -4.16. The van der Waals surface area contributed by atoms with Gasteiger partial charge in [0, 0.05) is 74.9 Å². The number of rotatable bonds is 11. The number of nitrogens with one attached hydrogen (secondary N) is 1. The van der Waals surface area contributed by atoms with Gasteiger partial charge in [0.2, 0.25) is 9.84 Å². The molecule has 1 aliphatic carbocycles. The fourth-order valence-electron chi connectivity index (χ4n) is 8.88. The van der Waals surface area contributed by atoms with Crippen LogP contribution in [-0.4, -0.2) is 84.6 Å². The number of piperidine rings is 1. The van der Waals surface area contributed by atoms with Gasteiger partial charge in [0.15, 0.2) is 0 Å². The molecule has 49 heavy (non-hydrogen) atoms. The average molecular weight is 686 g/mol. The number of methoxy groups -OCH3 is 1. The number of imidazole rings is 1. The molecule has 4 heterocycles. The molecule has 1 N–H and O–H groups in total. The number of ether oxygens (including phenoxy) is 1. The Bertz CT molecular complexity index is 1800. The number of carbonyl (C=O) groups is 1. The number of hydrogen-bond donors (Lipinski definition) is 1. The predicted octanol–water partition coefficient (Wildman–Crippen LogP) is 4.76. The molecule has 0 spiro atoms. The van der Waals surface area contributed by atoms with Gasteiger partial charge in [0.25, 0.3) is 0 Å². The summed E-state index contributed by atoms with van der Waals surface area (Å²) in [5, 5.41) is 7.24. The summed E-state index contributed by atoms with van der Waals surface area (Å²) in [5.74, 6) is 1.29. The number of likely N-dealkylation sites (tertiary alicyclic amines) is 1. The van der Waals surface area contributed by atoms with Gasteiger partial charge in [-0.1, -0.05) is 36.8 Å². The smallest absolute Gasteiger partial charge is 0.407 e. The number of alkyl carbamates (subject to hydrolysis) is 1. The molecule has 12 heteroatoms. The second-order valence-corrected chi connectivity index (χ2v) is 16.1. The highest BCUT2D eigenvalue weighted by Crippen LogP contribution is 2.51. The molecule has 0 radical (unpaired) electrons. The van der Waals surface area contributed by atoms with Crippen molar-refractivity contribution in [1.82, 2.24) is 29.5 Å². The second-order valence-electron chi connectivity index (χ2n) is 14.1. The maximum Gasteiger partial charge on any atom is 0.407 e. The number of nitrogens with zero attached hydrogens (tertiary/aromatic N) is 6. The lowest BCUT2D eigenvalue weighted by atomic mass is 9.58. The highest BCUT2D eigenvalue weighted by Gasteiger charge is 2.52. The van der Waals surface area contributed by atoms with Gasteiger partial charge >= 0.3 is 6.09 Å². The van der Waals surface area contributed by atoms with Crippen LogP contribution in [0.25, 0.3) is 0 Å². The van der Waals surface area contributed by atoms with Crippen LogP contribution in [0.15, 0.2) is 95.5 Å². The number of sulfone groups is 1. The molecule has 2 saturated heterocycles. The van der Waals surface area contributed by atoms with Gasteiger partial charge in [0.1, 0.15) is 4.90 Å². The minimum absolute atomic E-state index is 0.0553. The van der Waals surface area contributed by atoms with Crippen LogP contribution in [0.4, 0.5) is 10.5 Å². The van der Waals surface area contributed by atoms with E-state index in [1.807, 2.05) is 24.7 Å². The first-order valence-corrected chi connectivity index (χ1v) is 18.9. The highest BCUT2D eigenvalue weighted by atomic mass is 32.2. The summed E-state index contributed by atoms with van der Waals surface area (Å²) in [6.07, 6.45) is 13.7. The van der Waals surface area contributed by atoms with Crippen molar-refractivity contribution in [3.8, 4) is 0 Å². The summed E-state index contributed by atoms with van der Waals surface area (Å²) >= 11 is 0. The topological polar surface area (TPSA) is 115 Å². The lowest BCUT2D eigenvalue weighted by Crippen LogP contribution is -2.56. The number of carbonyl (C=O) groups excluding carboxylic acids is 1. The first-order valence-electron chi connectivity index (χ1n) is 17.4. The summed E-state index contributed by atoms with van der Waals surface area (Å²) in [7, 11) is -0.423. The Kier molecular flexibility index (Phi) is 9.52. The van der Waals surface area contributed by atoms with E-state index in [1.165, 1.54) is 29.7 Å². The summed E-state index contributed by atoms with van der Waals surface area (Å²) < 4.78 is 34.8. The van der Waals surface area contributed by atoms with Crippen molar-refractivity contribution in [3.05, 3.63) is 91.3 Å². The van der Waals surface area contributed by atoms with E-state index >= 15 is 0 Å². The Morgan fingerprint density at radius 1 is 1.00 bits per heavy atom. The minimum Gasteiger partial charge on any atom is -0.453 e. The number of benzene rings is 2. The van der Waals surface area contributed by atoms with Crippen LogP contribution in [-0.2, 0) is 33.6 Å². The molecule has 11 nitrogen and oxygen atoms in total. The number of aryl methyl sites for hydroxylation is 1. The molecular weight excluding hydrogens is 639 g/mol. The van der Waals surface area contributed by atoms with Crippen molar-refractivity contribution in [1.29, 1.82) is 0 Å². The Labute approximate surface area is 289 Å². The zero-order chi connectivity index (χ0) is 34.0. The van der Waals surface area contributed by atoms with Crippen LogP contribution in [0.2, 0.25) is 0 Å². The van der Waals surface area contributed by atoms with Gasteiger partial charge in [-0.15, -0.1) is 0 Å². The first kappa shape index (κ1) is 33.3. The molecule has 3 aliphatic rings. The zero-order valence-corrected chi connectivity index (χ0v) is 29.2. The number of aromatic nitrogens is 4. The third-order valence-electron chi connectivity index (χ3n) is 11.3. The number of hydrogen-bond acceptors (Lipinski definition) is 8. The molecule has 2 aromatic heterocycles. The molecule has 260 valence electrons. The SMILES string of the molecule is COC(=O)N[C@H]1CCC[C@@H]1C(Cn1ccnc1)(c1ccccc1)C1CCN(CC2CN(c3ccc(S(=O)(=O)c4cnn(C)c4)cc3)C2)CC1. The minimum atomic E-state index is -3.58. The number of anilines is 1. The molecule has 2 aliphatic heterocycles. The highest BCUT2D eigenvalue weighted by molar-refractivity contribution is 7.91. The van der Waals surface area contributed by atoms with Crippen LogP contribution < -0.4 is 10.2 Å². The molecule has 1 unspecified atom stereocenters. The quantitative estimate of drug-likeness (QED) is 0.241. The molecule has 0 bridgehead atoms. The van der Waals surface area contributed by atoms with Crippen molar-refractivity contribution in [3.63, 3.8) is 0 Å². The molecule has 1 saturated carbocycles. The largest absolute Gasteiger partial charge is 0.453 e. The Morgan fingerprint density at radius 2 is 1.76 bits per heavy atom. The van der Waals surface area contributed by atoms with Crippen molar-refractivity contribution >= 4 is 21.6 Å². The second kappa shape index (κ2) is 14.0. The van der Waals surface area contributed by atoms with Crippen LogP contribution >= 0.6 is 0 Å². The van der Waals surface area contributed by atoms with E-state index in [4.69, 9.17) is 4.74 Å². The van der Waals surface area contributed by atoms with Crippen molar-refractivity contribution in [2.24, 2.45) is 24.8 Å². The van der Waals surface area contributed by atoms with Crippen LogP contribution in [0.1, 0.15) is 37.7 Å². The third-order valence-corrected chi connectivity index (χ3v) is 13.0. The van der Waals surface area contributed by atoms with E-state index in [1.54, 1.807) is 19.2 Å². The standard InChI is InChI=1S/C37H47N7O4S/c1-41-25-33(21-39-41)49(46,47)32-13-11-31(12-14-32)44-23-28(24-44)22-42-18-15-30(16-19-42)37(26-43-20-17-38-27-43,29-7-4-3-5-8-29)34-9-6-10-35(34)40-36(45)48-2/h3-5,7-8,11-14,17,20-21,25,27-28,30,34-35H,6,9-10,15-16,18-19,22-24,26H2,1-2H3,(H,40,45)/t34-,35-,37?/m0/s1. The van der Waals surface area contributed by atoms with Gasteiger partial charge in [-0.3, -0.25) is 4.68 Å². The number of amides is 1. The summed E-state index contributed by atoms with van der Waals surface area (Å²) in [5.41, 5.74) is 2.23. The van der Waals surface area contributed by atoms with Crippen molar-refractivity contribution in [2.45, 2.75) is 59.9 Å². The monoisotopic (exact) mass is 685 g/mol.